The molecule has 0 unspecified atom stereocenters. The van der Waals surface area contributed by atoms with E-state index in [0.29, 0.717) is 5.76 Å². The van der Waals surface area contributed by atoms with Crippen molar-refractivity contribution in [3.05, 3.63) is 57.0 Å². The molecular formula is C16H16N2O7. The van der Waals surface area contributed by atoms with E-state index in [1.54, 1.807) is 14.0 Å². The van der Waals surface area contributed by atoms with Crippen molar-refractivity contribution in [2.45, 2.75) is 13.5 Å². The Hall–Kier alpha value is -3.36. The second-order valence-corrected chi connectivity index (χ2v) is 4.99. The molecule has 1 heterocycles. The summed E-state index contributed by atoms with van der Waals surface area (Å²) in [4.78, 5) is 34.0. The highest BCUT2D eigenvalue weighted by Crippen LogP contribution is 2.25. The van der Waals surface area contributed by atoms with Crippen LogP contribution in [-0.2, 0) is 16.1 Å². The Morgan fingerprint density at radius 2 is 2.00 bits per heavy atom. The Kier molecular flexibility index (Phi) is 5.38. The highest BCUT2D eigenvalue weighted by Gasteiger charge is 2.19. The number of carbonyl (C=O) groups excluding carboxylic acids is 2. The molecule has 0 fully saturated rings. The number of furan rings is 1. The zero-order chi connectivity index (χ0) is 18.6. The van der Waals surface area contributed by atoms with E-state index in [-0.39, 0.29) is 34.9 Å². The molecule has 0 saturated carbocycles. The first-order chi connectivity index (χ1) is 11.9. The summed E-state index contributed by atoms with van der Waals surface area (Å²) in [5.41, 5.74) is 0.314. The molecule has 1 aromatic heterocycles. The predicted octanol–water partition coefficient (Wildman–Crippen LogP) is 2.68. The van der Waals surface area contributed by atoms with Gasteiger partial charge in [-0.2, -0.15) is 0 Å². The van der Waals surface area contributed by atoms with Crippen LogP contribution in [0, 0.1) is 17.0 Å². The zero-order valence-electron chi connectivity index (χ0n) is 13.8. The van der Waals surface area contributed by atoms with E-state index in [2.05, 4.69) is 10.1 Å². The van der Waals surface area contributed by atoms with Gasteiger partial charge in [0.05, 0.1) is 17.6 Å². The SMILES string of the molecule is CNc1ccc(C(=O)OCc2cc(C(=O)OC)c(C)o2)cc1[N+](=O)[O-]. The van der Waals surface area contributed by atoms with Crippen LogP contribution in [0.1, 0.15) is 32.2 Å². The molecule has 0 atom stereocenters. The van der Waals surface area contributed by atoms with Gasteiger partial charge < -0.3 is 19.2 Å². The van der Waals surface area contributed by atoms with Gasteiger partial charge in [-0.25, -0.2) is 9.59 Å². The van der Waals surface area contributed by atoms with Crippen molar-refractivity contribution in [1.29, 1.82) is 0 Å². The number of nitro benzene ring substituents is 1. The molecule has 0 spiro atoms. The first kappa shape index (κ1) is 18.0. The van der Waals surface area contributed by atoms with Gasteiger partial charge in [-0.1, -0.05) is 0 Å². The van der Waals surface area contributed by atoms with E-state index in [1.807, 2.05) is 0 Å². The molecule has 132 valence electrons. The molecule has 0 aliphatic heterocycles. The number of aryl methyl sites for hydroxylation is 1. The van der Waals surface area contributed by atoms with Crippen molar-refractivity contribution in [2.24, 2.45) is 0 Å². The zero-order valence-corrected chi connectivity index (χ0v) is 13.8. The third kappa shape index (κ3) is 3.94. The highest BCUT2D eigenvalue weighted by atomic mass is 16.6. The summed E-state index contributed by atoms with van der Waals surface area (Å²) in [5, 5.41) is 13.7. The van der Waals surface area contributed by atoms with E-state index in [0.717, 1.165) is 6.07 Å². The molecular weight excluding hydrogens is 332 g/mol. The van der Waals surface area contributed by atoms with Crippen LogP contribution in [0.25, 0.3) is 0 Å². The quantitative estimate of drug-likeness (QED) is 0.480. The minimum absolute atomic E-state index is 0.0298. The summed E-state index contributed by atoms with van der Waals surface area (Å²) in [6.45, 7) is 1.36. The van der Waals surface area contributed by atoms with Gasteiger partial charge in [-0.3, -0.25) is 10.1 Å². The second-order valence-electron chi connectivity index (χ2n) is 4.99. The van der Waals surface area contributed by atoms with E-state index < -0.39 is 16.9 Å². The van der Waals surface area contributed by atoms with E-state index in [4.69, 9.17) is 9.15 Å². The molecule has 9 nitrogen and oxygen atoms in total. The van der Waals surface area contributed by atoms with Crippen molar-refractivity contribution < 1.29 is 28.4 Å². The maximum Gasteiger partial charge on any atom is 0.341 e. The first-order valence-corrected chi connectivity index (χ1v) is 7.18. The van der Waals surface area contributed by atoms with Crippen molar-refractivity contribution >= 4 is 23.3 Å². The van der Waals surface area contributed by atoms with E-state index >= 15 is 0 Å². The third-order valence-electron chi connectivity index (χ3n) is 3.42. The summed E-state index contributed by atoms with van der Waals surface area (Å²) in [7, 11) is 2.79. The maximum absolute atomic E-state index is 12.1. The Morgan fingerprint density at radius 1 is 1.28 bits per heavy atom. The van der Waals surface area contributed by atoms with Gasteiger partial charge in [-0.15, -0.1) is 0 Å². The van der Waals surface area contributed by atoms with E-state index in [9.17, 15) is 19.7 Å². The molecule has 1 aromatic carbocycles. The molecule has 9 heteroatoms. The summed E-state index contributed by atoms with van der Waals surface area (Å²) < 4.78 is 15.0. The predicted molar refractivity (Wildman–Crippen MR) is 86.5 cm³/mol. The number of nitro groups is 1. The number of hydrogen-bond donors (Lipinski definition) is 1. The van der Waals surface area contributed by atoms with Crippen molar-refractivity contribution in [2.75, 3.05) is 19.5 Å². The van der Waals surface area contributed by atoms with Crippen LogP contribution in [-0.4, -0.2) is 31.0 Å². The van der Waals surface area contributed by atoms with Gasteiger partial charge >= 0.3 is 11.9 Å². The Balaban J connectivity index is 2.12. The number of esters is 2. The smallest absolute Gasteiger partial charge is 0.341 e. The lowest BCUT2D eigenvalue weighted by atomic mass is 10.1. The number of anilines is 1. The van der Waals surface area contributed by atoms with Crippen molar-refractivity contribution in [3.8, 4) is 0 Å². The van der Waals surface area contributed by atoms with Crippen LogP contribution in [0.3, 0.4) is 0 Å². The third-order valence-corrected chi connectivity index (χ3v) is 3.42. The molecule has 0 radical (unpaired) electrons. The molecule has 25 heavy (non-hydrogen) atoms. The molecule has 2 aromatic rings. The molecule has 2 rings (SSSR count). The van der Waals surface area contributed by atoms with Gasteiger partial charge in [0.1, 0.15) is 29.4 Å². The normalized spacial score (nSPS) is 10.2. The lowest BCUT2D eigenvalue weighted by Gasteiger charge is -2.05. The lowest BCUT2D eigenvalue weighted by molar-refractivity contribution is -0.384. The summed E-state index contributed by atoms with van der Waals surface area (Å²) >= 11 is 0. The number of methoxy groups -OCH3 is 1. The van der Waals surface area contributed by atoms with Crippen LogP contribution in [0.5, 0.6) is 0 Å². The summed E-state index contributed by atoms with van der Waals surface area (Å²) in [5.74, 6) is -0.712. The maximum atomic E-state index is 12.1. The van der Waals surface area contributed by atoms with Crippen LogP contribution in [0.4, 0.5) is 11.4 Å². The van der Waals surface area contributed by atoms with E-state index in [1.165, 1.54) is 25.3 Å². The Bertz CT molecular complexity index is 826. The fourth-order valence-electron chi connectivity index (χ4n) is 2.17. The summed E-state index contributed by atoms with van der Waals surface area (Å²) in [6.07, 6.45) is 0. The monoisotopic (exact) mass is 348 g/mol. The van der Waals surface area contributed by atoms with Crippen LogP contribution in [0.15, 0.2) is 28.7 Å². The fourth-order valence-corrected chi connectivity index (χ4v) is 2.17. The number of ether oxygens (including phenoxy) is 2. The molecule has 1 N–H and O–H groups in total. The molecule has 0 aliphatic rings. The standard InChI is InChI=1S/C16H16N2O7/c1-9-12(16(20)23-3)7-11(25-9)8-24-15(19)10-4-5-13(17-2)14(6-10)18(21)22/h4-7,17H,8H2,1-3H3. The number of nitrogens with one attached hydrogen (secondary N) is 1. The lowest BCUT2D eigenvalue weighted by Crippen LogP contribution is -2.06. The van der Waals surface area contributed by atoms with Crippen molar-refractivity contribution in [1.82, 2.24) is 0 Å². The minimum Gasteiger partial charge on any atom is -0.465 e. The topological polar surface area (TPSA) is 121 Å². The van der Waals surface area contributed by atoms with Gasteiger partial charge in [0.15, 0.2) is 0 Å². The van der Waals surface area contributed by atoms with Crippen molar-refractivity contribution in [3.63, 3.8) is 0 Å². The fraction of sp³-hybridized carbons (Fsp3) is 0.250. The number of rotatable bonds is 6. The minimum atomic E-state index is -0.751. The molecule has 0 amide bonds. The number of benzene rings is 1. The Labute approximate surface area is 142 Å². The van der Waals surface area contributed by atoms with Gasteiger partial charge in [0.2, 0.25) is 0 Å². The average molecular weight is 348 g/mol. The highest BCUT2D eigenvalue weighted by molar-refractivity contribution is 5.92. The first-order valence-electron chi connectivity index (χ1n) is 7.18. The number of carbonyl (C=O) groups is 2. The molecule has 0 bridgehead atoms. The Morgan fingerprint density at radius 3 is 2.60 bits per heavy atom. The average Bonchev–Trinajstić information content (AvgIpc) is 2.99. The van der Waals surface area contributed by atoms with Crippen LogP contribution in [0.2, 0.25) is 0 Å². The number of nitrogens with zero attached hydrogens (tertiary/aromatic N) is 1. The van der Waals surface area contributed by atoms with Gasteiger partial charge in [0, 0.05) is 13.1 Å². The van der Waals surface area contributed by atoms with Gasteiger partial charge in [-0.05, 0) is 25.1 Å². The molecule has 0 aliphatic carbocycles. The van der Waals surface area contributed by atoms with Gasteiger partial charge in [0.25, 0.3) is 5.69 Å². The largest absolute Gasteiger partial charge is 0.465 e. The summed E-state index contributed by atoms with van der Waals surface area (Å²) in [6, 6.07) is 5.37. The van der Waals surface area contributed by atoms with Crippen LogP contribution < -0.4 is 5.32 Å². The van der Waals surface area contributed by atoms with Crippen LogP contribution >= 0.6 is 0 Å². The second kappa shape index (κ2) is 7.47. The molecule has 0 saturated heterocycles. The number of hydrogen-bond acceptors (Lipinski definition) is 8.